The number of alkyl halides is 3. The lowest BCUT2D eigenvalue weighted by Gasteiger charge is -2.18. The Morgan fingerprint density at radius 2 is 1.71 bits per heavy atom. The number of benzene rings is 2. The second-order valence-electron chi connectivity index (χ2n) is 6.38. The third-order valence-electron chi connectivity index (χ3n) is 4.27. The third kappa shape index (κ3) is 4.61. The molecule has 0 atom stereocenters. The number of hydrogen-bond donors (Lipinski definition) is 2. The predicted molar refractivity (Wildman–Crippen MR) is 105 cm³/mol. The normalized spacial score (nSPS) is 12.9. The molecule has 1 aliphatic heterocycles. The second kappa shape index (κ2) is 8.26. The lowest BCUT2D eigenvalue weighted by atomic mass is 10.1. The number of amides is 2. The summed E-state index contributed by atoms with van der Waals surface area (Å²) >= 11 is 1.01. The van der Waals surface area contributed by atoms with Gasteiger partial charge in [0.05, 0.1) is 5.56 Å². The first-order valence-corrected chi connectivity index (χ1v) is 9.83. The number of fused-ring (bicyclic) bond motifs is 1. The largest absolute Gasteiger partial charge is 0.486 e. The summed E-state index contributed by atoms with van der Waals surface area (Å²) in [6, 6.07) is 9.26. The van der Waals surface area contributed by atoms with E-state index in [1.807, 2.05) is 0 Å². The summed E-state index contributed by atoms with van der Waals surface area (Å²) in [5.41, 5.74) is 4.12. The van der Waals surface area contributed by atoms with E-state index >= 15 is 0 Å². The molecule has 11 heteroatoms. The lowest BCUT2D eigenvalue weighted by Crippen LogP contribution is -2.41. The minimum absolute atomic E-state index is 0.0418. The van der Waals surface area contributed by atoms with Crippen molar-refractivity contribution in [1.29, 1.82) is 0 Å². The average Bonchev–Trinajstić information content (AvgIpc) is 3.27. The molecule has 1 aliphatic rings. The summed E-state index contributed by atoms with van der Waals surface area (Å²) in [4.78, 5) is 28.6. The van der Waals surface area contributed by atoms with Crippen molar-refractivity contribution in [3.63, 3.8) is 0 Å². The molecule has 7 nitrogen and oxygen atoms in total. The highest BCUT2D eigenvalue weighted by Gasteiger charge is 2.30. The number of carbonyl (C=O) groups is 2. The van der Waals surface area contributed by atoms with Crippen molar-refractivity contribution in [2.75, 3.05) is 13.2 Å². The van der Waals surface area contributed by atoms with Gasteiger partial charge in [0, 0.05) is 16.5 Å². The summed E-state index contributed by atoms with van der Waals surface area (Å²) in [7, 11) is 0. The zero-order valence-corrected chi connectivity index (χ0v) is 16.5. The van der Waals surface area contributed by atoms with Crippen molar-refractivity contribution < 1.29 is 32.2 Å². The minimum atomic E-state index is -4.48. The highest BCUT2D eigenvalue weighted by Crippen LogP contribution is 2.33. The first kappa shape index (κ1) is 20.7. The van der Waals surface area contributed by atoms with Crippen molar-refractivity contribution in [3.05, 3.63) is 64.7 Å². The van der Waals surface area contributed by atoms with Crippen LogP contribution in [0.5, 0.6) is 11.5 Å². The quantitative estimate of drug-likeness (QED) is 0.596. The molecule has 0 aliphatic carbocycles. The minimum Gasteiger partial charge on any atom is -0.486 e. The molecule has 0 spiro atoms. The number of hydrazine groups is 1. The number of aromatic nitrogens is 1. The molecule has 2 N–H and O–H groups in total. The van der Waals surface area contributed by atoms with E-state index in [1.54, 1.807) is 6.07 Å². The Morgan fingerprint density at radius 3 is 2.48 bits per heavy atom. The van der Waals surface area contributed by atoms with Gasteiger partial charge < -0.3 is 9.47 Å². The summed E-state index contributed by atoms with van der Waals surface area (Å²) in [5.74, 6) is -0.342. The molecule has 0 saturated carbocycles. The molecular formula is C20H14F3N3O4S. The van der Waals surface area contributed by atoms with Crippen LogP contribution in [0.25, 0.3) is 10.6 Å². The predicted octanol–water partition coefficient (Wildman–Crippen LogP) is 3.67. The molecule has 2 aromatic carbocycles. The van der Waals surface area contributed by atoms with Crippen LogP contribution < -0.4 is 20.3 Å². The summed E-state index contributed by atoms with van der Waals surface area (Å²) in [5, 5.41) is 1.63. The van der Waals surface area contributed by atoms with Crippen LogP contribution in [0.3, 0.4) is 0 Å². The molecule has 31 heavy (non-hydrogen) atoms. The first-order valence-electron chi connectivity index (χ1n) is 8.95. The van der Waals surface area contributed by atoms with Gasteiger partial charge in [-0.3, -0.25) is 20.4 Å². The molecule has 0 radical (unpaired) electrons. The zero-order valence-electron chi connectivity index (χ0n) is 15.7. The number of rotatable bonds is 3. The van der Waals surface area contributed by atoms with Crippen LogP contribution in [-0.4, -0.2) is 30.0 Å². The molecule has 0 bridgehead atoms. The monoisotopic (exact) mass is 449 g/mol. The number of halogens is 3. The van der Waals surface area contributed by atoms with Crippen LogP contribution in [-0.2, 0) is 6.18 Å². The number of ether oxygens (including phenoxy) is 2. The summed E-state index contributed by atoms with van der Waals surface area (Å²) in [6.45, 7) is 0.789. The number of nitrogens with one attached hydrogen (secondary N) is 2. The Balaban J connectivity index is 1.41. The third-order valence-corrected chi connectivity index (χ3v) is 5.16. The SMILES string of the molecule is O=C(NNC(=O)c1csc(-c2cccc(C(F)(F)F)c2)n1)c1ccc2c(c1)OCCO2. The van der Waals surface area contributed by atoms with E-state index in [2.05, 4.69) is 15.8 Å². The van der Waals surface area contributed by atoms with Gasteiger partial charge in [-0.25, -0.2) is 4.98 Å². The van der Waals surface area contributed by atoms with Crippen LogP contribution in [0.15, 0.2) is 47.8 Å². The summed E-state index contributed by atoms with van der Waals surface area (Å²) in [6.07, 6.45) is -4.48. The maximum Gasteiger partial charge on any atom is 0.416 e. The van der Waals surface area contributed by atoms with Gasteiger partial charge in [-0.05, 0) is 30.3 Å². The molecule has 4 rings (SSSR count). The maximum absolute atomic E-state index is 12.9. The van der Waals surface area contributed by atoms with Crippen molar-refractivity contribution in [2.24, 2.45) is 0 Å². The zero-order chi connectivity index (χ0) is 22.0. The van der Waals surface area contributed by atoms with E-state index in [0.717, 1.165) is 23.5 Å². The maximum atomic E-state index is 12.9. The Hall–Kier alpha value is -3.60. The van der Waals surface area contributed by atoms with E-state index < -0.39 is 23.6 Å². The number of carbonyl (C=O) groups excluding carboxylic acids is 2. The molecule has 0 saturated heterocycles. The molecule has 160 valence electrons. The van der Waals surface area contributed by atoms with Gasteiger partial charge in [0.2, 0.25) is 0 Å². The van der Waals surface area contributed by atoms with Gasteiger partial charge in [-0.15, -0.1) is 11.3 Å². The Labute approximate surface area is 177 Å². The Kier molecular flexibility index (Phi) is 5.51. The lowest BCUT2D eigenvalue weighted by molar-refractivity contribution is -0.137. The van der Waals surface area contributed by atoms with Gasteiger partial charge in [0.25, 0.3) is 11.8 Å². The van der Waals surface area contributed by atoms with Gasteiger partial charge in [0.1, 0.15) is 23.9 Å². The molecular weight excluding hydrogens is 435 g/mol. The highest BCUT2D eigenvalue weighted by molar-refractivity contribution is 7.13. The van der Waals surface area contributed by atoms with E-state index in [9.17, 15) is 22.8 Å². The van der Waals surface area contributed by atoms with Gasteiger partial charge in [-0.2, -0.15) is 13.2 Å². The van der Waals surface area contributed by atoms with Crippen molar-refractivity contribution >= 4 is 23.2 Å². The smallest absolute Gasteiger partial charge is 0.416 e. The molecule has 3 aromatic rings. The molecule has 0 fully saturated rings. The van der Waals surface area contributed by atoms with Crippen LogP contribution in [0.1, 0.15) is 26.4 Å². The van der Waals surface area contributed by atoms with E-state index in [1.165, 1.54) is 29.6 Å². The molecule has 2 amide bonds. The van der Waals surface area contributed by atoms with Gasteiger partial charge in [-0.1, -0.05) is 12.1 Å². The molecule has 2 heterocycles. The standard InChI is InChI=1S/C20H14F3N3O4S/c21-20(22,23)13-3-1-2-12(8-13)19-24-14(10-31-19)18(28)26-25-17(27)11-4-5-15-16(9-11)30-7-6-29-15/h1-5,8-10H,6-7H2,(H,25,27)(H,26,28). The number of nitrogens with zero attached hydrogens (tertiary/aromatic N) is 1. The molecule has 0 unspecified atom stereocenters. The van der Waals surface area contributed by atoms with Crippen molar-refractivity contribution in [1.82, 2.24) is 15.8 Å². The fourth-order valence-corrected chi connectivity index (χ4v) is 3.57. The Morgan fingerprint density at radius 1 is 0.968 bits per heavy atom. The average molecular weight is 449 g/mol. The van der Waals surface area contributed by atoms with Crippen LogP contribution in [0.4, 0.5) is 13.2 Å². The summed E-state index contributed by atoms with van der Waals surface area (Å²) < 4.78 is 49.5. The van der Waals surface area contributed by atoms with Gasteiger partial charge in [0.15, 0.2) is 11.5 Å². The molecule has 1 aromatic heterocycles. The van der Waals surface area contributed by atoms with E-state index in [0.29, 0.717) is 24.7 Å². The number of hydrogen-bond acceptors (Lipinski definition) is 6. The Bertz CT molecular complexity index is 1150. The van der Waals surface area contributed by atoms with Crippen LogP contribution in [0, 0.1) is 0 Å². The first-order chi connectivity index (χ1) is 14.8. The van der Waals surface area contributed by atoms with Gasteiger partial charge >= 0.3 is 6.18 Å². The highest BCUT2D eigenvalue weighted by atomic mass is 32.1. The topological polar surface area (TPSA) is 89.6 Å². The van der Waals surface area contributed by atoms with Crippen molar-refractivity contribution in [2.45, 2.75) is 6.18 Å². The fraction of sp³-hybridized carbons (Fsp3) is 0.150. The second-order valence-corrected chi connectivity index (χ2v) is 7.24. The van der Waals surface area contributed by atoms with E-state index in [-0.39, 0.29) is 21.8 Å². The van der Waals surface area contributed by atoms with E-state index in [4.69, 9.17) is 9.47 Å². The van der Waals surface area contributed by atoms with Crippen molar-refractivity contribution in [3.8, 4) is 22.1 Å². The number of thiazole rings is 1. The van der Waals surface area contributed by atoms with Crippen LogP contribution >= 0.6 is 11.3 Å². The van der Waals surface area contributed by atoms with Crippen LogP contribution in [0.2, 0.25) is 0 Å². The fourth-order valence-electron chi connectivity index (χ4n) is 2.77.